The average molecular weight is 354 g/mol. The molecule has 4 nitrogen and oxygen atoms in total. The first-order valence-electron chi connectivity index (χ1n) is 9.38. The molecule has 0 spiro atoms. The molecule has 0 aromatic heterocycles. The summed E-state index contributed by atoms with van der Waals surface area (Å²) >= 11 is 0. The lowest BCUT2D eigenvalue weighted by Gasteiger charge is -2.33. The smallest absolute Gasteiger partial charge is 0.124 e. The molecule has 1 unspecified atom stereocenters. The summed E-state index contributed by atoms with van der Waals surface area (Å²) in [6.45, 7) is 8.51. The molecular formula is C22H30N2O2. The molecule has 1 aliphatic rings. The fourth-order valence-electron chi connectivity index (χ4n) is 3.79. The molecule has 1 heterocycles. The molecule has 3 rings (SSSR count). The summed E-state index contributed by atoms with van der Waals surface area (Å²) in [6.07, 6.45) is 1.15. The van der Waals surface area contributed by atoms with Crippen molar-refractivity contribution in [3.63, 3.8) is 0 Å². The van der Waals surface area contributed by atoms with E-state index in [2.05, 4.69) is 48.3 Å². The van der Waals surface area contributed by atoms with Gasteiger partial charge in [0.05, 0.1) is 20.3 Å². The molecule has 0 radical (unpaired) electrons. The molecule has 1 aliphatic heterocycles. The van der Waals surface area contributed by atoms with E-state index >= 15 is 0 Å². The van der Waals surface area contributed by atoms with E-state index in [4.69, 9.17) is 9.47 Å². The van der Waals surface area contributed by atoms with Gasteiger partial charge < -0.3 is 14.8 Å². The Balaban J connectivity index is 2.15. The zero-order chi connectivity index (χ0) is 18.5. The molecule has 140 valence electrons. The third-order valence-electron chi connectivity index (χ3n) is 5.20. The standard InChI is InChI=1S/C22H30N2O2/c1-16-6-7-17(2)19(14-16)22(24-12-5-10-23-11-13-24)20-15-18(25-3)8-9-21(20)26-4/h6-9,14-15,22-23H,5,10-13H2,1-4H3. The number of aryl methyl sites for hydroxylation is 2. The van der Waals surface area contributed by atoms with Gasteiger partial charge in [0.1, 0.15) is 11.5 Å². The van der Waals surface area contributed by atoms with Gasteiger partial charge in [-0.3, -0.25) is 4.90 Å². The lowest BCUT2D eigenvalue weighted by molar-refractivity contribution is 0.235. The first-order valence-corrected chi connectivity index (χ1v) is 9.38. The van der Waals surface area contributed by atoms with Gasteiger partial charge >= 0.3 is 0 Å². The highest BCUT2D eigenvalue weighted by molar-refractivity contribution is 5.48. The summed E-state index contributed by atoms with van der Waals surface area (Å²) in [7, 11) is 3.46. The largest absolute Gasteiger partial charge is 0.497 e. The molecule has 4 heteroatoms. The van der Waals surface area contributed by atoms with Crippen molar-refractivity contribution in [3.8, 4) is 11.5 Å². The second-order valence-electron chi connectivity index (χ2n) is 7.01. The summed E-state index contributed by atoms with van der Waals surface area (Å²) in [6, 6.07) is 13.0. The Morgan fingerprint density at radius 1 is 0.923 bits per heavy atom. The maximum absolute atomic E-state index is 5.74. The van der Waals surface area contributed by atoms with Gasteiger partial charge in [0.15, 0.2) is 0 Å². The third-order valence-corrected chi connectivity index (χ3v) is 5.20. The highest BCUT2D eigenvalue weighted by Gasteiger charge is 2.27. The van der Waals surface area contributed by atoms with E-state index in [1.807, 2.05) is 12.1 Å². The maximum Gasteiger partial charge on any atom is 0.124 e. The quantitative estimate of drug-likeness (QED) is 0.888. The van der Waals surface area contributed by atoms with Crippen molar-refractivity contribution in [3.05, 3.63) is 58.7 Å². The van der Waals surface area contributed by atoms with Crippen LogP contribution in [0.5, 0.6) is 11.5 Å². The van der Waals surface area contributed by atoms with Gasteiger partial charge in [0, 0.05) is 25.2 Å². The SMILES string of the molecule is COc1ccc(OC)c(C(c2cc(C)ccc2C)N2CCCNCC2)c1. The molecule has 2 aromatic carbocycles. The summed E-state index contributed by atoms with van der Waals surface area (Å²) in [4.78, 5) is 2.57. The minimum absolute atomic E-state index is 0.153. The van der Waals surface area contributed by atoms with Crippen LogP contribution in [0.15, 0.2) is 36.4 Å². The second kappa shape index (κ2) is 8.56. The van der Waals surface area contributed by atoms with Crippen molar-refractivity contribution in [2.24, 2.45) is 0 Å². The highest BCUT2D eigenvalue weighted by atomic mass is 16.5. The lowest BCUT2D eigenvalue weighted by Crippen LogP contribution is -2.33. The lowest BCUT2D eigenvalue weighted by atomic mass is 9.91. The fraction of sp³-hybridized carbons (Fsp3) is 0.455. The number of nitrogens with one attached hydrogen (secondary N) is 1. The van der Waals surface area contributed by atoms with E-state index < -0.39 is 0 Å². The molecule has 0 saturated carbocycles. The van der Waals surface area contributed by atoms with Crippen LogP contribution in [0.2, 0.25) is 0 Å². The van der Waals surface area contributed by atoms with Crippen molar-refractivity contribution >= 4 is 0 Å². The normalized spacial score (nSPS) is 16.8. The van der Waals surface area contributed by atoms with E-state index in [0.29, 0.717) is 0 Å². The van der Waals surface area contributed by atoms with Gasteiger partial charge in [0.25, 0.3) is 0 Å². The first kappa shape index (κ1) is 18.7. The van der Waals surface area contributed by atoms with Crippen LogP contribution in [0.3, 0.4) is 0 Å². The molecule has 0 aliphatic carbocycles. The van der Waals surface area contributed by atoms with E-state index in [9.17, 15) is 0 Å². The van der Waals surface area contributed by atoms with Crippen LogP contribution in [0.1, 0.15) is 34.7 Å². The molecule has 1 atom stereocenters. The van der Waals surface area contributed by atoms with E-state index in [1.165, 1.54) is 22.3 Å². The number of hydrogen-bond acceptors (Lipinski definition) is 4. The van der Waals surface area contributed by atoms with E-state index in [1.54, 1.807) is 14.2 Å². The first-order chi connectivity index (χ1) is 12.6. The highest BCUT2D eigenvalue weighted by Crippen LogP contribution is 2.38. The Morgan fingerprint density at radius 3 is 2.54 bits per heavy atom. The zero-order valence-corrected chi connectivity index (χ0v) is 16.3. The molecule has 1 N–H and O–H groups in total. The van der Waals surface area contributed by atoms with Crippen molar-refractivity contribution in [1.82, 2.24) is 10.2 Å². The topological polar surface area (TPSA) is 33.7 Å². The zero-order valence-electron chi connectivity index (χ0n) is 16.3. The van der Waals surface area contributed by atoms with Gasteiger partial charge in [-0.05, 0) is 56.1 Å². The van der Waals surface area contributed by atoms with Gasteiger partial charge in [-0.25, -0.2) is 0 Å². The molecule has 0 bridgehead atoms. The Morgan fingerprint density at radius 2 is 1.77 bits per heavy atom. The fourth-order valence-corrected chi connectivity index (χ4v) is 3.79. The number of nitrogens with zero attached hydrogens (tertiary/aromatic N) is 1. The summed E-state index contributed by atoms with van der Waals surface area (Å²) in [5, 5.41) is 3.51. The summed E-state index contributed by atoms with van der Waals surface area (Å²) in [5.41, 5.74) is 5.11. The van der Waals surface area contributed by atoms with Gasteiger partial charge in [-0.15, -0.1) is 0 Å². The van der Waals surface area contributed by atoms with E-state index in [0.717, 1.165) is 44.1 Å². The number of benzene rings is 2. The predicted octanol–water partition coefficient (Wildman–Crippen LogP) is 3.71. The van der Waals surface area contributed by atoms with Crippen molar-refractivity contribution in [1.29, 1.82) is 0 Å². The van der Waals surface area contributed by atoms with Crippen molar-refractivity contribution in [2.75, 3.05) is 40.4 Å². The van der Waals surface area contributed by atoms with Crippen LogP contribution in [0.25, 0.3) is 0 Å². The van der Waals surface area contributed by atoms with Crippen LogP contribution in [-0.2, 0) is 0 Å². The van der Waals surface area contributed by atoms with Crippen molar-refractivity contribution < 1.29 is 9.47 Å². The van der Waals surface area contributed by atoms with Crippen molar-refractivity contribution in [2.45, 2.75) is 26.3 Å². The molecule has 1 saturated heterocycles. The minimum atomic E-state index is 0.153. The Labute approximate surface area is 157 Å². The molecule has 2 aromatic rings. The Kier molecular flexibility index (Phi) is 6.17. The van der Waals surface area contributed by atoms with Crippen LogP contribution in [0.4, 0.5) is 0 Å². The van der Waals surface area contributed by atoms with Gasteiger partial charge in [0.2, 0.25) is 0 Å². The van der Waals surface area contributed by atoms with Gasteiger partial charge in [-0.1, -0.05) is 23.8 Å². The minimum Gasteiger partial charge on any atom is -0.497 e. The predicted molar refractivity (Wildman–Crippen MR) is 106 cm³/mol. The van der Waals surface area contributed by atoms with Gasteiger partial charge in [-0.2, -0.15) is 0 Å². The van der Waals surface area contributed by atoms with E-state index in [-0.39, 0.29) is 6.04 Å². The summed E-state index contributed by atoms with van der Waals surface area (Å²) in [5.74, 6) is 1.78. The molecular weight excluding hydrogens is 324 g/mol. The van der Waals surface area contributed by atoms with Crippen LogP contribution < -0.4 is 14.8 Å². The Bertz CT molecular complexity index is 737. The monoisotopic (exact) mass is 354 g/mol. The number of rotatable bonds is 5. The molecule has 0 amide bonds. The number of ether oxygens (including phenoxy) is 2. The molecule has 1 fully saturated rings. The summed E-state index contributed by atoms with van der Waals surface area (Å²) < 4.78 is 11.3. The molecule has 26 heavy (non-hydrogen) atoms. The number of hydrogen-bond donors (Lipinski definition) is 1. The van der Waals surface area contributed by atoms with Crippen LogP contribution in [-0.4, -0.2) is 45.3 Å². The second-order valence-corrected chi connectivity index (χ2v) is 7.01. The van der Waals surface area contributed by atoms with Crippen LogP contribution >= 0.6 is 0 Å². The number of methoxy groups -OCH3 is 2. The third kappa shape index (κ3) is 4.02. The average Bonchev–Trinajstić information content (AvgIpc) is 2.94. The maximum atomic E-state index is 5.74. The Hall–Kier alpha value is -2.04. The van der Waals surface area contributed by atoms with Crippen LogP contribution in [0, 0.1) is 13.8 Å².